The molecule has 0 amide bonds. The van der Waals surface area contributed by atoms with Crippen molar-refractivity contribution >= 4 is 0 Å². The maximum Gasteiger partial charge on any atom is 0.0589 e. The van der Waals surface area contributed by atoms with Gasteiger partial charge in [0, 0.05) is 19.1 Å². The Kier molecular flexibility index (Phi) is 2.90. The van der Waals surface area contributed by atoms with Crippen molar-refractivity contribution in [1.29, 1.82) is 0 Å². The SMILES string of the molecule is CC1CN([C@@H](CO)C(C)C)C1. The molecule has 66 valence electrons. The summed E-state index contributed by atoms with van der Waals surface area (Å²) in [4.78, 5) is 2.37. The van der Waals surface area contributed by atoms with Gasteiger partial charge in [-0.3, -0.25) is 4.90 Å². The quantitative estimate of drug-likeness (QED) is 0.659. The van der Waals surface area contributed by atoms with Crippen molar-refractivity contribution < 1.29 is 5.11 Å². The van der Waals surface area contributed by atoms with Gasteiger partial charge in [0.1, 0.15) is 0 Å². The first-order valence-electron chi connectivity index (χ1n) is 4.50. The molecule has 1 heterocycles. The van der Waals surface area contributed by atoms with Gasteiger partial charge in [-0.25, -0.2) is 0 Å². The Bertz CT molecular complexity index is 119. The molecule has 1 rings (SSSR count). The second-order valence-corrected chi connectivity index (χ2v) is 4.05. The van der Waals surface area contributed by atoms with Crippen LogP contribution in [-0.4, -0.2) is 35.7 Å². The Morgan fingerprint density at radius 1 is 1.45 bits per heavy atom. The van der Waals surface area contributed by atoms with Crippen molar-refractivity contribution in [3.63, 3.8) is 0 Å². The summed E-state index contributed by atoms with van der Waals surface area (Å²) in [6, 6.07) is 0.395. The topological polar surface area (TPSA) is 23.5 Å². The number of aliphatic hydroxyl groups excluding tert-OH is 1. The van der Waals surface area contributed by atoms with E-state index in [0.29, 0.717) is 18.6 Å². The minimum absolute atomic E-state index is 0.310. The molecule has 0 radical (unpaired) electrons. The summed E-state index contributed by atoms with van der Waals surface area (Å²) >= 11 is 0. The second kappa shape index (κ2) is 3.55. The lowest BCUT2D eigenvalue weighted by Gasteiger charge is -2.44. The Hall–Kier alpha value is -0.0800. The van der Waals surface area contributed by atoms with Crippen LogP contribution >= 0.6 is 0 Å². The molecule has 0 unspecified atom stereocenters. The van der Waals surface area contributed by atoms with Crippen LogP contribution in [0.3, 0.4) is 0 Å². The molecule has 1 atom stereocenters. The zero-order valence-electron chi connectivity index (χ0n) is 7.75. The van der Waals surface area contributed by atoms with E-state index in [4.69, 9.17) is 5.11 Å². The molecule has 0 aromatic heterocycles. The molecule has 0 bridgehead atoms. The van der Waals surface area contributed by atoms with Gasteiger partial charge >= 0.3 is 0 Å². The number of likely N-dealkylation sites (tertiary alicyclic amines) is 1. The van der Waals surface area contributed by atoms with E-state index in [1.807, 2.05) is 0 Å². The average Bonchev–Trinajstić information content (AvgIpc) is 1.85. The van der Waals surface area contributed by atoms with Crippen LogP contribution in [-0.2, 0) is 0 Å². The lowest BCUT2D eigenvalue weighted by atomic mass is 9.94. The summed E-state index contributed by atoms with van der Waals surface area (Å²) in [5.74, 6) is 1.41. The molecule has 0 aromatic rings. The molecule has 1 aliphatic heterocycles. The van der Waals surface area contributed by atoms with E-state index in [-0.39, 0.29) is 0 Å². The Labute approximate surface area is 69.2 Å². The molecule has 0 spiro atoms. The fourth-order valence-corrected chi connectivity index (χ4v) is 1.77. The summed E-state index contributed by atoms with van der Waals surface area (Å²) in [5, 5.41) is 9.08. The van der Waals surface area contributed by atoms with Crippen molar-refractivity contribution in [3.8, 4) is 0 Å². The van der Waals surface area contributed by atoms with Gasteiger partial charge in [0.05, 0.1) is 6.61 Å². The van der Waals surface area contributed by atoms with Gasteiger partial charge < -0.3 is 5.11 Å². The Balaban J connectivity index is 2.32. The minimum Gasteiger partial charge on any atom is -0.395 e. The van der Waals surface area contributed by atoms with Crippen LogP contribution in [0, 0.1) is 11.8 Å². The van der Waals surface area contributed by atoms with Crippen LogP contribution in [0.2, 0.25) is 0 Å². The normalized spacial score (nSPS) is 23.7. The van der Waals surface area contributed by atoms with E-state index in [0.717, 1.165) is 5.92 Å². The summed E-state index contributed by atoms with van der Waals surface area (Å²) in [6.45, 7) is 9.25. The zero-order valence-corrected chi connectivity index (χ0v) is 7.75. The maximum absolute atomic E-state index is 9.08. The largest absolute Gasteiger partial charge is 0.395 e. The van der Waals surface area contributed by atoms with Crippen LogP contribution in [0.1, 0.15) is 20.8 Å². The van der Waals surface area contributed by atoms with Gasteiger partial charge in [-0.1, -0.05) is 20.8 Å². The van der Waals surface area contributed by atoms with E-state index in [9.17, 15) is 0 Å². The van der Waals surface area contributed by atoms with E-state index in [1.165, 1.54) is 13.1 Å². The van der Waals surface area contributed by atoms with Crippen LogP contribution in [0.15, 0.2) is 0 Å². The lowest BCUT2D eigenvalue weighted by molar-refractivity contribution is 0.0100. The van der Waals surface area contributed by atoms with Crippen LogP contribution in [0.5, 0.6) is 0 Å². The summed E-state index contributed by atoms with van der Waals surface area (Å²) in [7, 11) is 0. The molecule has 0 aliphatic carbocycles. The second-order valence-electron chi connectivity index (χ2n) is 4.05. The monoisotopic (exact) mass is 157 g/mol. The standard InChI is InChI=1S/C9H19NO/c1-7(2)9(6-11)10-4-8(3)5-10/h7-9,11H,4-6H2,1-3H3/t9-/m0/s1. The van der Waals surface area contributed by atoms with Gasteiger partial charge in [-0.05, 0) is 11.8 Å². The van der Waals surface area contributed by atoms with Crippen molar-refractivity contribution in [2.75, 3.05) is 19.7 Å². The molecule has 1 fully saturated rings. The van der Waals surface area contributed by atoms with Crippen molar-refractivity contribution in [2.24, 2.45) is 11.8 Å². The zero-order chi connectivity index (χ0) is 8.43. The van der Waals surface area contributed by atoms with Crippen LogP contribution in [0.4, 0.5) is 0 Å². The highest BCUT2D eigenvalue weighted by Crippen LogP contribution is 2.21. The fourth-order valence-electron chi connectivity index (χ4n) is 1.77. The molecular formula is C9H19NO. The molecule has 0 saturated carbocycles. The highest BCUT2D eigenvalue weighted by molar-refractivity contribution is 4.84. The molecule has 2 nitrogen and oxygen atoms in total. The average molecular weight is 157 g/mol. The fraction of sp³-hybridized carbons (Fsp3) is 1.00. The van der Waals surface area contributed by atoms with Crippen molar-refractivity contribution in [3.05, 3.63) is 0 Å². The highest BCUT2D eigenvalue weighted by Gasteiger charge is 2.30. The highest BCUT2D eigenvalue weighted by atomic mass is 16.3. The molecular weight excluding hydrogens is 138 g/mol. The first-order valence-corrected chi connectivity index (χ1v) is 4.50. The summed E-state index contributed by atoms with van der Waals surface area (Å²) < 4.78 is 0. The molecule has 1 N–H and O–H groups in total. The Morgan fingerprint density at radius 3 is 2.27 bits per heavy atom. The number of nitrogens with zero attached hydrogens (tertiary/aromatic N) is 1. The molecule has 0 aromatic carbocycles. The van der Waals surface area contributed by atoms with Crippen molar-refractivity contribution in [1.82, 2.24) is 4.90 Å². The predicted octanol–water partition coefficient (Wildman–Crippen LogP) is 0.955. The predicted molar refractivity (Wildman–Crippen MR) is 46.4 cm³/mol. The Morgan fingerprint density at radius 2 is 2.00 bits per heavy atom. The minimum atomic E-state index is 0.310. The molecule has 1 saturated heterocycles. The maximum atomic E-state index is 9.08. The third-order valence-electron chi connectivity index (χ3n) is 2.52. The third-order valence-corrected chi connectivity index (χ3v) is 2.52. The number of rotatable bonds is 3. The number of aliphatic hydroxyl groups is 1. The van der Waals surface area contributed by atoms with Gasteiger partial charge in [0.15, 0.2) is 0 Å². The first-order chi connectivity index (χ1) is 5.15. The number of hydrogen-bond donors (Lipinski definition) is 1. The molecule has 1 aliphatic rings. The van der Waals surface area contributed by atoms with E-state index < -0.39 is 0 Å². The molecule has 2 heteroatoms. The van der Waals surface area contributed by atoms with Crippen LogP contribution in [0.25, 0.3) is 0 Å². The molecule has 11 heavy (non-hydrogen) atoms. The van der Waals surface area contributed by atoms with Crippen molar-refractivity contribution in [2.45, 2.75) is 26.8 Å². The summed E-state index contributed by atoms with van der Waals surface area (Å²) in [5.41, 5.74) is 0. The van der Waals surface area contributed by atoms with Gasteiger partial charge in [-0.15, -0.1) is 0 Å². The lowest BCUT2D eigenvalue weighted by Crippen LogP contribution is -2.54. The summed E-state index contributed by atoms with van der Waals surface area (Å²) in [6.07, 6.45) is 0. The van der Waals surface area contributed by atoms with Crippen LogP contribution < -0.4 is 0 Å². The smallest absolute Gasteiger partial charge is 0.0589 e. The van der Waals surface area contributed by atoms with Gasteiger partial charge in [-0.2, -0.15) is 0 Å². The number of hydrogen-bond acceptors (Lipinski definition) is 2. The van der Waals surface area contributed by atoms with E-state index >= 15 is 0 Å². The van der Waals surface area contributed by atoms with Gasteiger partial charge in [0.2, 0.25) is 0 Å². The van der Waals surface area contributed by atoms with E-state index in [2.05, 4.69) is 25.7 Å². The third kappa shape index (κ3) is 1.94. The van der Waals surface area contributed by atoms with Gasteiger partial charge in [0.25, 0.3) is 0 Å². The first kappa shape index (κ1) is 9.01. The van der Waals surface area contributed by atoms with E-state index in [1.54, 1.807) is 0 Å².